The largest absolute Gasteiger partial charge is 0.493 e. The molecule has 0 radical (unpaired) electrons. The number of piperazine rings is 1. The Labute approximate surface area is 182 Å². The highest BCUT2D eigenvalue weighted by Crippen LogP contribution is 2.32. The first-order chi connectivity index (χ1) is 15.1. The van der Waals surface area contributed by atoms with Crippen LogP contribution in [0.3, 0.4) is 0 Å². The number of methoxy groups -OCH3 is 2. The van der Waals surface area contributed by atoms with Crippen LogP contribution in [0.5, 0.6) is 23.0 Å². The van der Waals surface area contributed by atoms with Gasteiger partial charge in [-0.25, -0.2) is 0 Å². The van der Waals surface area contributed by atoms with Crippen molar-refractivity contribution >= 4 is 11.6 Å². The molecule has 0 aromatic heterocycles. The third-order valence-corrected chi connectivity index (χ3v) is 6.15. The Hall–Kier alpha value is -2.97. The van der Waals surface area contributed by atoms with Crippen molar-refractivity contribution in [3.8, 4) is 23.0 Å². The van der Waals surface area contributed by atoms with E-state index in [9.17, 15) is 4.79 Å². The molecule has 2 aromatic carbocycles. The van der Waals surface area contributed by atoms with E-state index in [2.05, 4.69) is 17.4 Å². The van der Waals surface area contributed by atoms with Crippen molar-refractivity contribution in [1.29, 1.82) is 0 Å². The molecular formula is C23H31N3O5+2. The number of hydrogen-bond acceptors (Lipinski definition) is 5. The third-order valence-electron chi connectivity index (χ3n) is 6.15. The molecule has 0 aliphatic carbocycles. The van der Waals surface area contributed by atoms with Gasteiger partial charge in [-0.15, -0.1) is 0 Å². The van der Waals surface area contributed by atoms with Gasteiger partial charge in [-0.05, 0) is 37.3 Å². The number of anilines is 1. The molecule has 2 heterocycles. The second-order valence-electron chi connectivity index (χ2n) is 8.05. The second-order valence-corrected chi connectivity index (χ2v) is 8.05. The summed E-state index contributed by atoms with van der Waals surface area (Å²) in [6, 6.07) is 11.5. The highest BCUT2D eigenvalue weighted by atomic mass is 16.7. The van der Waals surface area contributed by atoms with Gasteiger partial charge in [-0.2, -0.15) is 0 Å². The molecule has 166 valence electrons. The van der Waals surface area contributed by atoms with E-state index in [1.54, 1.807) is 26.4 Å². The molecule has 4 rings (SSSR count). The second kappa shape index (κ2) is 9.45. The SMILES string of the molecule is COc1ccc(NC(=O)[C@H](C)[NH+]2CC[NH+](Cc3ccc4c(c3)OCO4)CC2)cc1OC. The van der Waals surface area contributed by atoms with Gasteiger partial charge in [0.05, 0.1) is 14.2 Å². The number of amides is 1. The maximum Gasteiger partial charge on any atom is 0.282 e. The van der Waals surface area contributed by atoms with Crippen molar-refractivity contribution in [2.75, 3.05) is 52.5 Å². The van der Waals surface area contributed by atoms with Crippen LogP contribution in [0.15, 0.2) is 36.4 Å². The van der Waals surface area contributed by atoms with Crippen LogP contribution in [0.2, 0.25) is 0 Å². The molecule has 1 atom stereocenters. The van der Waals surface area contributed by atoms with E-state index < -0.39 is 0 Å². The number of ether oxygens (including phenoxy) is 4. The van der Waals surface area contributed by atoms with E-state index in [1.807, 2.05) is 19.1 Å². The monoisotopic (exact) mass is 429 g/mol. The van der Waals surface area contributed by atoms with E-state index in [1.165, 1.54) is 15.4 Å². The predicted octanol–water partition coefficient (Wildman–Crippen LogP) is -0.257. The lowest BCUT2D eigenvalue weighted by molar-refractivity contribution is -1.02. The Morgan fingerprint density at radius 2 is 1.74 bits per heavy atom. The van der Waals surface area contributed by atoms with Crippen molar-refractivity contribution in [2.24, 2.45) is 0 Å². The summed E-state index contributed by atoms with van der Waals surface area (Å²) in [6.45, 7) is 7.22. The maximum absolute atomic E-state index is 12.8. The number of carbonyl (C=O) groups is 1. The summed E-state index contributed by atoms with van der Waals surface area (Å²) in [5, 5.41) is 3.01. The van der Waals surface area contributed by atoms with Crippen molar-refractivity contribution in [3.63, 3.8) is 0 Å². The van der Waals surface area contributed by atoms with Crippen molar-refractivity contribution in [2.45, 2.75) is 19.5 Å². The summed E-state index contributed by atoms with van der Waals surface area (Å²) < 4.78 is 21.5. The minimum Gasteiger partial charge on any atom is -0.493 e. The number of hydrogen-bond donors (Lipinski definition) is 3. The average Bonchev–Trinajstić information content (AvgIpc) is 3.27. The molecule has 1 amide bonds. The zero-order valence-corrected chi connectivity index (χ0v) is 18.3. The van der Waals surface area contributed by atoms with Crippen LogP contribution in [-0.4, -0.2) is 59.1 Å². The van der Waals surface area contributed by atoms with Gasteiger partial charge >= 0.3 is 0 Å². The fraction of sp³-hybridized carbons (Fsp3) is 0.435. The summed E-state index contributed by atoms with van der Waals surface area (Å²) in [4.78, 5) is 15.6. The number of fused-ring (bicyclic) bond motifs is 1. The fourth-order valence-electron chi connectivity index (χ4n) is 4.22. The van der Waals surface area contributed by atoms with E-state index in [0.717, 1.165) is 44.2 Å². The minimum atomic E-state index is -0.125. The van der Waals surface area contributed by atoms with Gasteiger partial charge in [0.15, 0.2) is 29.0 Å². The Balaban J connectivity index is 1.28. The minimum absolute atomic E-state index is 0.0152. The first-order valence-electron chi connectivity index (χ1n) is 10.7. The number of benzene rings is 2. The van der Waals surface area contributed by atoms with Crippen molar-refractivity contribution in [3.05, 3.63) is 42.0 Å². The molecule has 2 aliphatic rings. The van der Waals surface area contributed by atoms with Crippen LogP contribution in [0, 0.1) is 0 Å². The molecule has 1 saturated heterocycles. The topological polar surface area (TPSA) is 74.9 Å². The molecule has 8 nitrogen and oxygen atoms in total. The van der Waals surface area contributed by atoms with Crippen LogP contribution in [-0.2, 0) is 11.3 Å². The summed E-state index contributed by atoms with van der Waals surface area (Å²) >= 11 is 0. The third kappa shape index (κ3) is 4.86. The Kier molecular flexibility index (Phi) is 6.48. The zero-order valence-electron chi connectivity index (χ0n) is 18.3. The molecule has 0 bridgehead atoms. The van der Waals surface area contributed by atoms with Gasteiger partial charge in [-0.1, -0.05) is 0 Å². The van der Waals surface area contributed by atoms with Crippen LogP contribution >= 0.6 is 0 Å². The Bertz CT molecular complexity index is 927. The van der Waals surface area contributed by atoms with Gasteiger partial charge < -0.3 is 34.1 Å². The maximum atomic E-state index is 12.8. The number of carbonyl (C=O) groups excluding carboxylic acids is 1. The van der Waals surface area contributed by atoms with E-state index in [0.29, 0.717) is 24.0 Å². The van der Waals surface area contributed by atoms with Gasteiger partial charge in [0.25, 0.3) is 5.91 Å². The predicted molar refractivity (Wildman–Crippen MR) is 115 cm³/mol. The molecule has 3 N–H and O–H groups in total. The summed E-state index contributed by atoms with van der Waals surface area (Å²) in [5.74, 6) is 2.91. The number of nitrogens with one attached hydrogen (secondary N) is 3. The summed E-state index contributed by atoms with van der Waals surface area (Å²) in [5.41, 5.74) is 1.96. The summed E-state index contributed by atoms with van der Waals surface area (Å²) in [7, 11) is 3.18. The van der Waals surface area contributed by atoms with E-state index in [4.69, 9.17) is 18.9 Å². The normalized spacial score (nSPS) is 20.7. The lowest BCUT2D eigenvalue weighted by Crippen LogP contribution is -3.29. The lowest BCUT2D eigenvalue weighted by Gasteiger charge is -2.32. The van der Waals surface area contributed by atoms with Crippen molar-refractivity contribution in [1.82, 2.24) is 0 Å². The van der Waals surface area contributed by atoms with Crippen LogP contribution in [0.4, 0.5) is 5.69 Å². The van der Waals surface area contributed by atoms with Crippen LogP contribution in [0.1, 0.15) is 12.5 Å². The molecule has 1 fully saturated rings. The van der Waals surface area contributed by atoms with Gasteiger partial charge in [0.1, 0.15) is 32.7 Å². The standard InChI is InChI=1S/C23H29N3O5/c1-16(23(27)24-18-5-7-19(28-2)21(13-18)29-3)26-10-8-25(9-11-26)14-17-4-6-20-22(12-17)31-15-30-20/h4-7,12-13,16H,8-11,14-15H2,1-3H3,(H,24,27)/p+2/t16-/m0/s1. The summed E-state index contributed by atoms with van der Waals surface area (Å²) in [6.07, 6.45) is 0. The Morgan fingerprint density at radius 3 is 2.48 bits per heavy atom. The van der Waals surface area contributed by atoms with Gasteiger partial charge in [0.2, 0.25) is 6.79 Å². The van der Waals surface area contributed by atoms with E-state index in [-0.39, 0.29) is 11.9 Å². The molecule has 2 aliphatic heterocycles. The molecule has 0 saturated carbocycles. The van der Waals surface area contributed by atoms with Crippen LogP contribution in [0.25, 0.3) is 0 Å². The number of quaternary nitrogens is 2. The highest BCUT2D eigenvalue weighted by Gasteiger charge is 2.31. The smallest absolute Gasteiger partial charge is 0.282 e. The first kappa shape index (κ1) is 21.3. The van der Waals surface area contributed by atoms with Crippen LogP contribution < -0.4 is 34.1 Å². The molecule has 8 heteroatoms. The number of rotatable bonds is 7. The molecule has 0 unspecified atom stereocenters. The lowest BCUT2D eigenvalue weighted by atomic mass is 10.1. The molecule has 31 heavy (non-hydrogen) atoms. The van der Waals surface area contributed by atoms with Gasteiger partial charge in [0, 0.05) is 17.3 Å². The van der Waals surface area contributed by atoms with Crippen molar-refractivity contribution < 1.29 is 33.5 Å². The molecular weight excluding hydrogens is 398 g/mol. The van der Waals surface area contributed by atoms with Gasteiger partial charge in [-0.3, -0.25) is 4.79 Å². The Morgan fingerprint density at radius 1 is 1.00 bits per heavy atom. The zero-order chi connectivity index (χ0) is 21.8. The first-order valence-corrected chi connectivity index (χ1v) is 10.7. The fourth-order valence-corrected chi connectivity index (χ4v) is 4.22. The average molecular weight is 430 g/mol. The quantitative estimate of drug-likeness (QED) is 0.566. The highest BCUT2D eigenvalue weighted by molar-refractivity contribution is 5.93. The molecule has 2 aromatic rings. The van der Waals surface area contributed by atoms with E-state index >= 15 is 0 Å². The molecule has 0 spiro atoms.